The van der Waals surface area contributed by atoms with Crippen molar-refractivity contribution < 1.29 is 13.2 Å². The van der Waals surface area contributed by atoms with Crippen molar-refractivity contribution >= 4 is 0 Å². The van der Waals surface area contributed by atoms with Crippen LogP contribution in [0.1, 0.15) is 24.8 Å². The Morgan fingerprint density at radius 1 is 1.14 bits per heavy atom. The topological polar surface area (TPSA) is 0 Å². The van der Waals surface area contributed by atoms with Crippen molar-refractivity contribution in [3.8, 4) is 0 Å². The van der Waals surface area contributed by atoms with Gasteiger partial charge >= 0.3 is 0 Å². The van der Waals surface area contributed by atoms with Gasteiger partial charge in [-0.25, -0.2) is 13.2 Å². The first-order valence-electron chi connectivity index (χ1n) is 4.49. The molecule has 0 bridgehead atoms. The van der Waals surface area contributed by atoms with Gasteiger partial charge in [-0.2, -0.15) is 0 Å². The first-order valence-corrected chi connectivity index (χ1v) is 4.49. The van der Waals surface area contributed by atoms with E-state index in [9.17, 15) is 13.2 Å². The van der Waals surface area contributed by atoms with Crippen LogP contribution in [0.15, 0.2) is 24.3 Å². The standard InChI is InChI=1S/C11H12F3/c1-2-3-8-11(13,14)9-4-6-10(12)7-5-9/h4-7H,1-3,8H2. The first-order chi connectivity index (χ1) is 6.56. The Labute approximate surface area is 81.8 Å². The zero-order valence-corrected chi connectivity index (χ0v) is 7.77. The van der Waals surface area contributed by atoms with Crippen LogP contribution in [0.4, 0.5) is 13.2 Å². The van der Waals surface area contributed by atoms with Gasteiger partial charge in [0.1, 0.15) is 5.82 Å². The largest absolute Gasteiger partial charge is 0.273 e. The Hall–Kier alpha value is -0.990. The maximum Gasteiger partial charge on any atom is 0.273 e. The molecule has 0 saturated carbocycles. The number of halogens is 3. The molecule has 0 fully saturated rings. The zero-order valence-electron chi connectivity index (χ0n) is 7.77. The lowest BCUT2D eigenvalue weighted by molar-refractivity contribution is -0.0150. The van der Waals surface area contributed by atoms with E-state index in [1.165, 1.54) is 0 Å². The predicted molar refractivity (Wildman–Crippen MR) is 49.5 cm³/mol. The quantitative estimate of drug-likeness (QED) is 0.692. The molecular formula is C11H12F3. The summed E-state index contributed by atoms with van der Waals surface area (Å²) in [7, 11) is 0. The van der Waals surface area contributed by atoms with Crippen LogP contribution in [0.5, 0.6) is 0 Å². The number of rotatable bonds is 4. The van der Waals surface area contributed by atoms with Crippen molar-refractivity contribution in [1.82, 2.24) is 0 Å². The SMILES string of the molecule is [CH2]CCCC(F)(F)c1ccc(F)cc1. The van der Waals surface area contributed by atoms with Gasteiger partial charge < -0.3 is 0 Å². The summed E-state index contributed by atoms with van der Waals surface area (Å²) in [6, 6.07) is 4.34. The van der Waals surface area contributed by atoms with Crippen molar-refractivity contribution in [1.29, 1.82) is 0 Å². The van der Waals surface area contributed by atoms with Crippen LogP contribution in [0, 0.1) is 12.7 Å². The number of alkyl halides is 2. The number of hydrogen-bond donors (Lipinski definition) is 0. The van der Waals surface area contributed by atoms with E-state index in [1.54, 1.807) is 0 Å². The lowest BCUT2D eigenvalue weighted by Crippen LogP contribution is -2.12. The number of unbranched alkanes of at least 4 members (excludes halogenated alkanes) is 1. The minimum absolute atomic E-state index is 0.132. The molecule has 0 aromatic heterocycles. The van der Waals surface area contributed by atoms with E-state index in [4.69, 9.17) is 0 Å². The Balaban J connectivity index is 2.75. The molecule has 77 valence electrons. The Kier molecular flexibility index (Phi) is 3.55. The molecule has 0 unspecified atom stereocenters. The molecule has 3 heteroatoms. The van der Waals surface area contributed by atoms with Gasteiger partial charge in [0, 0.05) is 12.0 Å². The molecular weight excluding hydrogens is 189 g/mol. The summed E-state index contributed by atoms with van der Waals surface area (Å²) in [6.45, 7) is 3.50. The van der Waals surface area contributed by atoms with E-state index in [2.05, 4.69) is 6.92 Å². The molecule has 1 aromatic rings. The van der Waals surface area contributed by atoms with E-state index >= 15 is 0 Å². The lowest BCUT2D eigenvalue weighted by atomic mass is 10.0. The van der Waals surface area contributed by atoms with E-state index < -0.39 is 11.7 Å². The molecule has 0 aliphatic heterocycles. The fourth-order valence-corrected chi connectivity index (χ4v) is 1.19. The number of benzene rings is 1. The van der Waals surface area contributed by atoms with Gasteiger partial charge in [-0.15, -0.1) is 0 Å². The molecule has 0 atom stereocenters. The van der Waals surface area contributed by atoms with Crippen molar-refractivity contribution in [2.45, 2.75) is 25.2 Å². The van der Waals surface area contributed by atoms with Crippen LogP contribution >= 0.6 is 0 Å². The minimum atomic E-state index is -2.87. The number of hydrogen-bond acceptors (Lipinski definition) is 0. The summed E-state index contributed by atoms with van der Waals surface area (Å²) in [4.78, 5) is 0. The fraction of sp³-hybridized carbons (Fsp3) is 0.364. The maximum atomic E-state index is 13.3. The van der Waals surface area contributed by atoms with Crippen molar-refractivity contribution in [3.05, 3.63) is 42.6 Å². The van der Waals surface area contributed by atoms with Crippen LogP contribution in [-0.4, -0.2) is 0 Å². The highest BCUT2D eigenvalue weighted by atomic mass is 19.3. The minimum Gasteiger partial charge on any atom is -0.207 e. The molecule has 1 aromatic carbocycles. The molecule has 0 aliphatic carbocycles. The fourth-order valence-electron chi connectivity index (χ4n) is 1.19. The van der Waals surface area contributed by atoms with Gasteiger partial charge in [-0.05, 0) is 18.6 Å². The average Bonchev–Trinajstić information content (AvgIpc) is 2.16. The highest BCUT2D eigenvalue weighted by Crippen LogP contribution is 2.33. The Morgan fingerprint density at radius 2 is 1.71 bits per heavy atom. The molecule has 0 N–H and O–H groups in total. The van der Waals surface area contributed by atoms with Crippen molar-refractivity contribution in [2.75, 3.05) is 0 Å². The molecule has 0 aliphatic rings. The average molecular weight is 201 g/mol. The van der Waals surface area contributed by atoms with Gasteiger partial charge in [0.15, 0.2) is 0 Å². The van der Waals surface area contributed by atoms with E-state index in [1.807, 2.05) is 0 Å². The van der Waals surface area contributed by atoms with Gasteiger partial charge in [0.05, 0.1) is 0 Å². The van der Waals surface area contributed by atoms with Crippen LogP contribution in [-0.2, 0) is 5.92 Å². The third-order valence-electron chi connectivity index (χ3n) is 2.01. The summed E-state index contributed by atoms with van der Waals surface area (Å²) >= 11 is 0. The van der Waals surface area contributed by atoms with Gasteiger partial charge in [0.25, 0.3) is 5.92 Å². The van der Waals surface area contributed by atoms with Crippen LogP contribution in [0.25, 0.3) is 0 Å². The molecule has 1 radical (unpaired) electrons. The summed E-state index contributed by atoms with van der Waals surface area (Å²) < 4.78 is 39.1. The highest BCUT2D eigenvalue weighted by molar-refractivity contribution is 5.20. The molecule has 0 saturated heterocycles. The summed E-state index contributed by atoms with van der Waals surface area (Å²) in [5.74, 6) is -3.37. The van der Waals surface area contributed by atoms with E-state index in [0.29, 0.717) is 12.8 Å². The molecule has 0 nitrogen and oxygen atoms in total. The second-order valence-corrected chi connectivity index (χ2v) is 3.17. The molecule has 14 heavy (non-hydrogen) atoms. The molecule has 0 amide bonds. The Bertz CT molecular complexity index is 277. The monoisotopic (exact) mass is 201 g/mol. The maximum absolute atomic E-state index is 13.3. The van der Waals surface area contributed by atoms with Gasteiger partial charge in [-0.3, -0.25) is 0 Å². The van der Waals surface area contributed by atoms with Crippen LogP contribution in [0.2, 0.25) is 0 Å². The molecule has 1 rings (SSSR count). The first kappa shape index (κ1) is 11.1. The van der Waals surface area contributed by atoms with Crippen LogP contribution < -0.4 is 0 Å². The normalized spacial score (nSPS) is 11.7. The van der Waals surface area contributed by atoms with Gasteiger partial charge in [0.2, 0.25) is 0 Å². The third-order valence-corrected chi connectivity index (χ3v) is 2.01. The summed E-state index contributed by atoms with van der Waals surface area (Å²) in [5.41, 5.74) is -0.132. The predicted octanol–water partition coefficient (Wildman–Crippen LogP) is 3.92. The van der Waals surface area contributed by atoms with E-state index in [0.717, 1.165) is 24.3 Å². The summed E-state index contributed by atoms with van der Waals surface area (Å²) in [5, 5.41) is 0. The zero-order chi connectivity index (χ0) is 10.6. The smallest absolute Gasteiger partial charge is 0.207 e. The summed E-state index contributed by atoms with van der Waals surface area (Å²) in [6.07, 6.45) is 0.614. The van der Waals surface area contributed by atoms with Gasteiger partial charge in [-0.1, -0.05) is 25.5 Å². The lowest BCUT2D eigenvalue weighted by Gasteiger charge is -2.15. The van der Waals surface area contributed by atoms with Crippen LogP contribution in [0.3, 0.4) is 0 Å². The highest BCUT2D eigenvalue weighted by Gasteiger charge is 2.30. The molecule has 0 spiro atoms. The van der Waals surface area contributed by atoms with E-state index in [-0.39, 0.29) is 12.0 Å². The third kappa shape index (κ3) is 2.76. The second-order valence-electron chi connectivity index (χ2n) is 3.17. The molecule has 0 heterocycles. The Morgan fingerprint density at radius 3 is 2.21 bits per heavy atom. The van der Waals surface area contributed by atoms with Crippen molar-refractivity contribution in [3.63, 3.8) is 0 Å². The van der Waals surface area contributed by atoms with Crippen molar-refractivity contribution in [2.24, 2.45) is 0 Å². The second kappa shape index (κ2) is 4.49.